The van der Waals surface area contributed by atoms with Gasteiger partial charge in [0.05, 0.1) is 5.69 Å². The number of hydrogen-bond donors (Lipinski definition) is 1. The lowest BCUT2D eigenvalue weighted by Crippen LogP contribution is -2.17. The summed E-state index contributed by atoms with van der Waals surface area (Å²) in [5.41, 5.74) is 0.0538. The first kappa shape index (κ1) is 13.9. The van der Waals surface area contributed by atoms with Crippen molar-refractivity contribution in [2.24, 2.45) is 0 Å². The molecular weight excluding hydrogens is 273 g/mol. The van der Waals surface area contributed by atoms with E-state index in [0.29, 0.717) is 11.8 Å². The van der Waals surface area contributed by atoms with E-state index < -0.39 is 17.5 Å². The molecule has 0 fully saturated rings. The number of nitrogens with one attached hydrogen (secondary N) is 1. The van der Waals surface area contributed by atoms with Crippen LogP contribution in [0.15, 0.2) is 18.3 Å². The van der Waals surface area contributed by atoms with E-state index in [0.717, 1.165) is 6.07 Å². The highest BCUT2D eigenvalue weighted by molar-refractivity contribution is 7.71. The van der Waals surface area contributed by atoms with Gasteiger partial charge in [0.15, 0.2) is 16.4 Å². The molecule has 6 heteroatoms. The van der Waals surface area contributed by atoms with E-state index in [2.05, 4.69) is 4.98 Å². The number of aromatic amines is 1. The van der Waals surface area contributed by atoms with Gasteiger partial charge in [0.25, 0.3) is 0 Å². The van der Waals surface area contributed by atoms with Crippen LogP contribution in [0.3, 0.4) is 0 Å². The van der Waals surface area contributed by atoms with Crippen LogP contribution in [0.1, 0.15) is 26.5 Å². The van der Waals surface area contributed by atoms with E-state index in [-0.39, 0.29) is 15.9 Å². The number of nitrogens with zero attached hydrogens (tertiary/aromatic N) is 1. The molecule has 2 nitrogen and oxygen atoms in total. The summed E-state index contributed by atoms with van der Waals surface area (Å²) in [6.45, 7) is 5.69. The minimum Gasteiger partial charge on any atom is -0.337 e. The highest BCUT2D eigenvalue weighted by Crippen LogP contribution is 2.27. The Bertz CT molecular complexity index is 680. The average molecular weight is 286 g/mol. The largest absolute Gasteiger partial charge is 0.337 e. The van der Waals surface area contributed by atoms with Crippen molar-refractivity contribution in [2.75, 3.05) is 0 Å². The highest BCUT2D eigenvalue weighted by atomic mass is 32.1. The molecule has 0 aliphatic carbocycles. The van der Waals surface area contributed by atoms with Gasteiger partial charge >= 0.3 is 0 Å². The molecule has 1 heterocycles. The Morgan fingerprint density at radius 2 is 1.79 bits per heavy atom. The van der Waals surface area contributed by atoms with Crippen LogP contribution in [0, 0.1) is 22.2 Å². The summed E-state index contributed by atoms with van der Waals surface area (Å²) in [7, 11) is 0. The lowest BCUT2D eigenvalue weighted by atomic mass is 9.92. The van der Waals surface area contributed by atoms with Gasteiger partial charge in [0, 0.05) is 29.4 Å². The van der Waals surface area contributed by atoms with Crippen LogP contribution < -0.4 is 0 Å². The number of H-pyrrole nitrogens is 1. The summed E-state index contributed by atoms with van der Waals surface area (Å²) in [6, 6.07) is 1.43. The summed E-state index contributed by atoms with van der Waals surface area (Å²) in [6.07, 6.45) is 1.62. The molecule has 0 radical (unpaired) electrons. The monoisotopic (exact) mass is 286 g/mol. The summed E-state index contributed by atoms with van der Waals surface area (Å²) in [5.74, 6) is -3.21. The van der Waals surface area contributed by atoms with Gasteiger partial charge in [0.1, 0.15) is 5.82 Å². The van der Waals surface area contributed by atoms with Crippen LogP contribution in [0.25, 0.3) is 5.69 Å². The fraction of sp³-hybridized carbons (Fsp3) is 0.308. The van der Waals surface area contributed by atoms with E-state index in [4.69, 9.17) is 12.2 Å². The predicted molar refractivity (Wildman–Crippen MR) is 69.5 cm³/mol. The Hall–Kier alpha value is -1.56. The van der Waals surface area contributed by atoms with Gasteiger partial charge in [0.2, 0.25) is 0 Å². The Balaban J connectivity index is 2.80. The first-order valence-electron chi connectivity index (χ1n) is 5.67. The van der Waals surface area contributed by atoms with Crippen LogP contribution in [0.2, 0.25) is 0 Å². The molecule has 0 aliphatic rings. The number of rotatable bonds is 1. The molecular formula is C13H13F3N2S. The number of hydrogen-bond acceptors (Lipinski definition) is 1. The van der Waals surface area contributed by atoms with Crippen LogP contribution in [0.4, 0.5) is 13.2 Å². The second kappa shape index (κ2) is 4.52. The fourth-order valence-corrected chi connectivity index (χ4v) is 2.12. The molecule has 1 aromatic carbocycles. The molecule has 0 bridgehead atoms. The quantitative estimate of drug-likeness (QED) is 0.614. The maximum atomic E-state index is 13.9. The van der Waals surface area contributed by atoms with Crippen molar-refractivity contribution in [3.63, 3.8) is 0 Å². The smallest absolute Gasteiger partial charge is 0.183 e. The fourth-order valence-electron chi connectivity index (χ4n) is 1.86. The van der Waals surface area contributed by atoms with Gasteiger partial charge in [-0.3, -0.25) is 4.57 Å². The molecule has 0 unspecified atom stereocenters. The molecule has 1 aromatic heterocycles. The molecule has 0 spiro atoms. The molecule has 0 atom stereocenters. The van der Waals surface area contributed by atoms with Crippen molar-refractivity contribution in [3.8, 4) is 5.69 Å². The zero-order valence-electron chi connectivity index (χ0n) is 10.7. The maximum absolute atomic E-state index is 13.9. The first-order chi connectivity index (χ1) is 8.71. The molecule has 102 valence electrons. The van der Waals surface area contributed by atoms with Crippen molar-refractivity contribution < 1.29 is 13.2 Å². The maximum Gasteiger partial charge on any atom is 0.183 e. The van der Waals surface area contributed by atoms with Crippen LogP contribution >= 0.6 is 12.2 Å². The summed E-state index contributed by atoms with van der Waals surface area (Å²) in [5, 5.41) is 0. The third-order valence-corrected chi connectivity index (χ3v) is 3.06. The molecule has 0 saturated heterocycles. The lowest BCUT2D eigenvalue weighted by Gasteiger charge is -2.21. The lowest BCUT2D eigenvalue weighted by molar-refractivity contribution is 0.484. The number of imidazole rings is 1. The van der Waals surface area contributed by atoms with E-state index in [1.54, 1.807) is 6.20 Å². The molecule has 0 amide bonds. The minimum absolute atomic E-state index is 0.189. The normalized spacial score (nSPS) is 11.9. The zero-order valence-corrected chi connectivity index (χ0v) is 11.5. The average Bonchev–Trinajstić information content (AvgIpc) is 2.65. The van der Waals surface area contributed by atoms with Crippen molar-refractivity contribution >= 4 is 12.2 Å². The summed E-state index contributed by atoms with van der Waals surface area (Å²) < 4.78 is 42.0. The van der Waals surface area contributed by atoms with Crippen molar-refractivity contribution in [3.05, 3.63) is 46.2 Å². The van der Waals surface area contributed by atoms with Crippen molar-refractivity contribution in [1.29, 1.82) is 0 Å². The van der Waals surface area contributed by atoms with Crippen molar-refractivity contribution in [2.45, 2.75) is 26.2 Å². The van der Waals surface area contributed by atoms with Gasteiger partial charge < -0.3 is 4.98 Å². The number of benzene rings is 1. The van der Waals surface area contributed by atoms with Gasteiger partial charge in [-0.25, -0.2) is 13.2 Å². The first-order valence-corrected chi connectivity index (χ1v) is 6.08. The van der Waals surface area contributed by atoms with E-state index in [1.807, 2.05) is 20.8 Å². The molecule has 19 heavy (non-hydrogen) atoms. The predicted octanol–water partition coefficient (Wildman–Crippen LogP) is 4.25. The Kier molecular flexibility index (Phi) is 3.30. The Morgan fingerprint density at radius 1 is 1.16 bits per heavy atom. The van der Waals surface area contributed by atoms with Gasteiger partial charge in [-0.1, -0.05) is 20.8 Å². The number of halogens is 3. The highest BCUT2D eigenvalue weighted by Gasteiger charge is 2.23. The second-order valence-corrected chi connectivity index (χ2v) is 5.67. The summed E-state index contributed by atoms with van der Waals surface area (Å²) >= 11 is 5.07. The second-order valence-electron chi connectivity index (χ2n) is 5.29. The molecule has 1 N–H and O–H groups in total. The van der Waals surface area contributed by atoms with E-state index >= 15 is 0 Å². The molecule has 2 aromatic rings. The zero-order chi connectivity index (χ0) is 14.4. The third-order valence-electron chi connectivity index (χ3n) is 2.76. The van der Waals surface area contributed by atoms with Crippen LogP contribution in [0.5, 0.6) is 0 Å². The topological polar surface area (TPSA) is 20.7 Å². The molecule has 0 saturated carbocycles. The SMILES string of the molecule is CC(C)(C)c1c[nH]c(=S)n1-c1cc(F)cc(F)c1F. The Morgan fingerprint density at radius 3 is 2.37 bits per heavy atom. The summed E-state index contributed by atoms with van der Waals surface area (Å²) in [4.78, 5) is 2.77. The van der Waals surface area contributed by atoms with Gasteiger partial charge in [-0.2, -0.15) is 0 Å². The van der Waals surface area contributed by atoms with Crippen LogP contribution in [-0.2, 0) is 5.41 Å². The van der Waals surface area contributed by atoms with Crippen LogP contribution in [-0.4, -0.2) is 9.55 Å². The van der Waals surface area contributed by atoms with Gasteiger partial charge in [-0.15, -0.1) is 0 Å². The third kappa shape index (κ3) is 2.45. The van der Waals surface area contributed by atoms with E-state index in [1.165, 1.54) is 4.57 Å². The standard InChI is InChI=1S/C13H13F3N2S/c1-13(2,3)10-6-17-12(19)18(10)9-5-7(14)4-8(15)11(9)16/h4-6H,1-3H3,(H,17,19). The van der Waals surface area contributed by atoms with Gasteiger partial charge in [-0.05, 0) is 12.2 Å². The van der Waals surface area contributed by atoms with E-state index in [9.17, 15) is 13.2 Å². The number of aromatic nitrogens is 2. The minimum atomic E-state index is -1.24. The van der Waals surface area contributed by atoms with Crippen molar-refractivity contribution in [1.82, 2.24) is 9.55 Å². The molecule has 0 aliphatic heterocycles. The Labute approximate surface area is 113 Å². The molecule has 2 rings (SSSR count).